The van der Waals surface area contributed by atoms with Gasteiger partial charge in [0.25, 0.3) is 0 Å². The van der Waals surface area contributed by atoms with Crippen LogP contribution in [0.3, 0.4) is 0 Å². The van der Waals surface area contributed by atoms with Gasteiger partial charge in [0.15, 0.2) is 0 Å². The minimum absolute atomic E-state index is 0.179. The average molecular weight is 336 g/mol. The van der Waals surface area contributed by atoms with Gasteiger partial charge in [0.1, 0.15) is 18.2 Å². The van der Waals surface area contributed by atoms with Crippen LogP contribution in [0.1, 0.15) is 11.1 Å². The van der Waals surface area contributed by atoms with Gasteiger partial charge in [-0.25, -0.2) is 4.39 Å². The van der Waals surface area contributed by atoms with E-state index < -0.39 is 0 Å². The molecule has 0 saturated carbocycles. The summed E-state index contributed by atoms with van der Waals surface area (Å²) in [5.41, 5.74) is 2.67. The van der Waals surface area contributed by atoms with Gasteiger partial charge in [-0.05, 0) is 23.8 Å². The second-order valence-corrected chi connectivity index (χ2v) is 5.36. The van der Waals surface area contributed by atoms with Crippen LogP contribution in [0, 0.1) is 5.82 Å². The number of para-hydroxylation sites is 1. The normalized spacial score (nSPS) is 14.4. The molecular formula is C16H15BrFNO. The smallest absolute Gasteiger partial charge is 0.146 e. The lowest BCUT2D eigenvalue weighted by molar-refractivity contribution is 0.331. The summed E-state index contributed by atoms with van der Waals surface area (Å²) in [5.74, 6) is 0.716. The molecule has 0 spiro atoms. The number of benzene rings is 2. The second kappa shape index (κ2) is 5.83. The van der Waals surface area contributed by atoms with E-state index in [0.29, 0.717) is 30.7 Å². The Kier molecular flexibility index (Phi) is 3.92. The van der Waals surface area contributed by atoms with E-state index in [4.69, 9.17) is 4.74 Å². The van der Waals surface area contributed by atoms with Crippen molar-refractivity contribution in [3.63, 3.8) is 0 Å². The van der Waals surface area contributed by atoms with Crippen LogP contribution in [-0.2, 0) is 11.9 Å². The summed E-state index contributed by atoms with van der Waals surface area (Å²) in [4.78, 5) is 2.03. The lowest BCUT2D eigenvalue weighted by atomic mass is 10.1. The molecule has 0 atom stereocenters. The first kappa shape index (κ1) is 13.4. The number of anilines is 1. The molecule has 4 heteroatoms. The third-order valence-electron chi connectivity index (χ3n) is 3.46. The highest BCUT2D eigenvalue weighted by Crippen LogP contribution is 2.28. The lowest BCUT2D eigenvalue weighted by Crippen LogP contribution is -2.26. The van der Waals surface area contributed by atoms with Gasteiger partial charge >= 0.3 is 0 Å². The summed E-state index contributed by atoms with van der Waals surface area (Å²) >= 11 is 3.35. The van der Waals surface area contributed by atoms with Gasteiger partial charge in [-0.15, -0.1) is 0 Å². The van der Waals surface area contributed by atoms with Crippen molar-refractivity contribution in [1.82, 2.24) is 0 Å². The quantitative estimate of drug-likeness (QED) is 0.765. The van der Waals surface area contributed by atoms with Gasteiger partial charge in [-0.3, -0.25) is 0 Å². The lowest BCUT2D eigenvalue weighted by Gasteiger charge is -2.23. The van der Waals surface area contributed by atoms with Crippen LogP contribution in [0.5, 0.6) is 5.75 Å². The maximum absolute atomic E-state index is 14.2. The topological polar surface area (TPSA) is 12.5 Å². The monoisotopic (exact) mass is 335 g/mol. The van der Waals surface area contributed by atoms with Crippen molar-refractivity contribution in [2.75, 3.05) is 18.1 Å². The number of rotatable bonds is 2. The Morgan fingerprint density at radius 2 is 2.05 bits per heavy atom. The molecular weight excluding hydrogens is 321 g/mol. The Balaban J connectivity index is 1.91. The molecule has 2 aromatic rings. The van der Waals surface area contributed by atoms with Crippen molar-refractivity contribution >= 4 is 21.6 Å². The zero-order chi connectivity index (χ0) is 13.9. The van der Waals surface area contributed by atoms with Crippen LogP contribution >= 0.6 is 15.9 Å². The van der Waals surface area contributed by atoms with Crippen LogP contribution in [-0.4, -0.2) is 13.2 Å². The van der Waals surface area contributed by atoms with Crippen molar-refractivity contribution < 1.29 is 9.13 Å². The number of nitrogens with zero attached hydrogens (tertiary/aromatic N) is 1. The summed E-state index contributed by atoms with van der Waals surface area (Å²) in [6.45, 7) is 1.91. The number of fused-ring (bicyclic) bond motifs is 1. The molecule has 0 unspecified atom stereocenters. The zero-order valence-electron chi connectivity index (χ0n) is 11.0. The SMILES string of the molecule is Fc1cc(CBr)ccc1N1CCOc2ccccc2C1. The molecule has 1 heterocycles. The molecule has 1 aliphatic heterocycles. The fourth-order valence-electron chi connectivity index (χ4n) is 2.42. The molecule has 1 aliphatic rings. The number of hydrogen-bond donors (Lipinski definition) is 0. The molecule has 3 rings (SSSR count). The van der Waals surface area contributed by atoms with Crippen LogP contribution in [0.15, 0.2) is 42.5 Å². The summed E-state index contributed by atoms with van der Waals surface area (Å²) in [6.07, 6.45) is 0. The first-order valence-corrected chi connectivity index (χ1v) is 7.70. The number of alkyl halides is 1. The Morgan fingerprint density at radius 1 is 1.20 bits per heavy atom. The van der Waals surface area contributed by atoms with Crippen LogP contribution in [0.2, 0.25) is 0 Å². The Hall–Kier alpha value is -1.55. The summed E-state index contributed by atoms with van der Waals surface area (Å²) < 4.78 is 19.9. The van der Waals surface area contributed by atoms with E-state index in [9.17, 15) is 4.39 Å². The fraction of sp³-hybridized carbons (Fsp3) is 0.250. The molecule has 0 aromatic heterocycles. The van der Waals surface area contributed by atoms with E-state index >= 15 is 0 Å². The van der Waals surface area contributed by atoms with E-state index in [1.54, 1.807) is 6.07 Å². The first-order chi connectivity index (χ1) is 9.78. The van der Waals surface area contributed by atoms with Gasteiger partial charge in [0, 0.05) is 17.4 Å². The third kappa shape index (κ3) is 2.66. The Bertz CT molecular complexity index is 617. The largest absolute Gasteiger partial charge is 0.491 e. The van der Waals surface area contributed by atoms with Gasteiger partial charge in [-0.1, -0.05) is 40.2 Å². The van der Waals surface area contributed by atoms with E-state index in [1.165, 1.54) is 0 Å². The van der Waals surface area contributed by atoms with Gasteiger partial charge < -0.3 is 9.64 Å². The highest BCUT2D eigenvalue weighted by Gasteiger charge is 2.17. The number of halogens is 2. The molecule has 2 nitrogen and oxygen atoms in total. The summed E-state index contributed by atoms with van der Waals surface area (Å²) in [5, 5.41) is 0.663. The minimum atomic E-state index is -0.179. The van der Waals surface area contributed by atoms with Crippen LogP contribution in [0.25, 0.3) is 0 Å². The third-order valence-corrected chi connectivity index (χ3v) is 4.11. The zero-order valence-corrected chi connectivity index (χ0v) is 12.6. The van der Waals surface area contributed by atoms with Gasteiger partial charge in [0.2, 0.25) is 0 Å². The maximum Gasteiger partial charge on any atom is 0.146 e. The molecule has 2 aromatic carbocycles. The second-order valence-electron chi connectivity index (χ2n) is 4.80. The molecule has 104 valence electrons. The fourth-order valence-corrected chi connectivity index (χ4v) is 2.77. The molecule has 20 heavy (non-hydrogen) atoms. The van der Waals surface area contributed by atoms with Crippen molar-refractivity contribution in [2.24, 2.45) is 0 Å². The molecule has 0 fully saturated rings. The molecule has 0 radical (unpaired) electrons. The summed E-state index contributed by atoms with van der Waals surface area (Å²) in [7, 11) is 0. The molecule has 0 bridgehead atoms. The van der Waals surface area contributed by atoms with Crippen LogP contribution < -0.4 is 9.64 Å². The highest BCUT2D eigenvalue weighted by atomic mass is 79.9. The van der Waals surface area contributed by atoms with Crippen molar-refractivity contribution in [3.8, 4) is 5.75 Å². The van der Waals surface area contributed by atoms with Gasteiger partial charge in [0.05, 0.1) is 12.2 Å². The van der Waals surface area contributed by atoms with E-state index in [1.807, 2.05) is 41.3 Å². The molecule has 0 amide bonds. The van der Waals surface area contributed by atoms with Gasteiger partial charge in [-0.2, -0.15) is 0 Å². The molecule has 0 saturated heterocycles. The first-order valence-electron chi connectivity index (χ1n) is 6.58. The van der Waals surface area contributed by atoms with Crippen molar-refractivity contribution in [2.45, 2.75) is 11.9 Å². The summed E-state index contributed by atoms with van der Waals surface area (Å²) in [6, 6.07) is 13.3. The van der Waals surface area contributed by atoms with Crippen molar-refractivity contribution in [3.05, 3.63) is 59.4 Å². The molecule has 0 N–H and O–H groups in total. The minimum Gasteiger partial charge on any atom is -0.491 e. The highest BCUT2D eigenvalue weighted by molar-refractivity contribution is 9.08. The van der Waals surface area contributed by atoms with Crippen molar-refractivity contribution in [1.29, 1.82) is 0 Å². The predicted molar refractivity (Wildman–Crippen MR) is 82.0 cm³/mol. The van der Waals surface area contributed by atoms with E-state index in [0.717, 1.165) is 16.9 Å². The van der Waals surface area contributed by atoms with Crippen LogP contribution in [0.4, 0.5) is 10.1 Å². The predicted octanol–water partition coefficient (Wildman–Crippen LogP) is 4.12. The molecule has 0 aliphatic carbocycles. The standard InChI is InChI=1S/C16H15BrFNO/c17-10-12-5-6-15(14(18)9-12)19-7-8-20-16-4-2-1-3-13(16)11-19/h1-6,9H,7-8,10-11H2. The number of ether oxygens (including phenoxy) is 1. The Labute approximate surface area is 126 Å². The van der Waals surface area contributed by atoms with E-state index in [2.05, 4.69) is 15.9 Å². The maximum atomic E-state index is 14.2. The Morgan fingerprint density at radius 3 is 2.85 bits per heavy atom. The number of hydrogen-bond acceptors (Lipinski definition) is 2. The average Bonchev–Trinajstić information content (AvgIpc) is 2.69. The van der Waals surface area contributed by atoms with E-state index in [-0.39, 0.29) is 5.82 Å².